The maximum absolute atomic E-state index is 5.61. The Morgan fingerprint density at radius 2 is 1.67 bits per heavy atom. The summed E-state index contributed by atoms with van der Waals surface area (Å²) in [7, 11) is 0. The zero-order valence-electron chi connectivity index (χ0n) is 8.35. The van der Waals surface area contributed by atoms with Crippen molar-refractivity contribution in [2.75, 3.05) is 11.5 Å². The molecule has 3 heteroatoms. The van der Waals surface area contributed by atoms with E-state index in [0.29, 0.717) is 5.82 Å². The van der Waals surface area contributed by atoms with Gasteiger partial charge in [0, 0.05) is 11.9 Å². The minimum Gasteiger partial charge on any atom is -0.399 e. The van der Waals surface area contributed by atoms with Gasteiger partial charge < -0.3 is 11.5 Å². The third kappa shape index (κ3) is 2.47. The molecule has 0 aliphatic rings. The molecule has 0 spiro atoms. The molecule has 0 atom stereocenters. The summed E-state index contributed by atoms with van der Waals surface area (Å²) >= 11 is 0. The number of pyridine rings is 1. The van der Waals surface area contributed by atoms with Crippen LogP contribution in [-0.4, -0.2) is 4.98 Å². The molecule has 1 aromatic carbocycles. The van der Waals surface area contributed by atoms with E-state index in [1.807, 2.05) is 36.4 Å². The van der Waals surface area contributed by atoms with Gasteiger partial charge in [0.1, 0.15) is 5.82 Å². The molecule has 0 aliphatic heterocycles. The molecule has 76 valence electrons. The highest BCUT2D eigenvalue weighted by molar-refractivity contribution is 5.41. The maximum atomic E-state index is 5.61. The van der Waals surface area contributed by atoms with Gasteiger partial charge in [-0.2, -0.15) is 0 Å². The lowest BCUT2D eigenvalue weighted by Crippen LogP contribution is -1.94. The second kappa shape index (κ2) is 4.00. The molecular weight excluding hydrogens is 186 g/mol. The molecule has 4 N–H and O–H groups in total. The Hall–Kier alpha value is -2.03. The van der Waals surface area contributed by atoms with E-state index in [-0.39, 0.29) is 0 Å². The van der Waals surface area contributed by atoms with Crippen LogP contribution in [0, 0.1) is 0 Å². The lowest BCUT2D eigenvalue weighted by atomic mass is 10.1. The van der Waals surface area contributed by atoms with Crippen molar-refractivity contribution in [2.24, 2.45) is 0 Å². The Balaban J connectivity index is 2.18. The minimum absolute atomic E-state index is 0.558. The van der Waals surface area contributed by atoms with E-state index in [0.717, 1.165) is 17.7 Å². The predicted molar refractivity (Wildman–Crippen MR) is 62.3 cm³/mol. The van der Waals surface area contributed by atoms with Gasteiger partial charge in [-0.3, -0.25) is 0 Å². The topological polar surface area (TPSA) is 64.9 Å². The molecular formula is C12H13N3. The Bertz CT molecular complexity index is 449. The second-order valence-electron chi connectivity index (χ2n) is 3.51. The fourth-order valence-electron chi connectivity index (χ4n) is 1.48. The van der Waals surface area contributed by atoms with Gasteiger partial charge in [0.15, 0.2) is 0 Å². The first-order valence-corrected chi connectivity index (χ1v) is 4.79. The van der Waals surface area contributed by atoms with Crippen molar-refractivity contribution in [3.8, 4) is 0 Å². The molecule has 0 saturated heterocycles. The fourth-order valence-corrected chi connectivity index (χ4v) is 1.48. The number of nitrogens with two attached hydrogens (primary N) is 2. The highest BCUT2D eigenvalue weighted by Gasteiger charge is 1.97. The molecule has 2 aromatic rings. The smallest absolute Gasteiger partial charge is 0.123 e. The lowest BCUT2D eigenvalue weighted by molar-refractivity contribution is 1.17. The Morgan fingerprint density at radius 3 is 2.33 bits per heavy atom. The van der Waals surface area contributed by atoms with E-state index in [4.69, 9.17) is 11.5 Å². The van der Waals surface area contributed by atoms with Crippen LogP contribution in [0.4, 0.5) is 11.5 Å². The molecule has 0 aliphatic carbocycles. The molecule has 0 radical (unpaired) electrons. The van der Waals surface area contributed by atoms with Crippen LogP contribution in [0.3, 0.4) is 0 Å². The number of nitrogens with zero attached hydrogens (tertiary/aromatic N) is 1. The number of hydrogen-bond acceptors (Lipinski definition) is 3. The first-order valence-electron chi connectivity index (χ1n) is 4.79. The summed E-state index contributed by atoms with van der Waals surface area (Å²) < 4.78 is 0. The zero-order chi connectivity index (χ0) is 10.7. The van der Waals surface area contributed by atoms with Crippen molar-refractivity contribution in [3.05, 3.63) is 53.7 Å². The van der Waals surface area contributed by atoms with Crippen LogP contribution < -0.4 is 11.5 Å². The van der Waals surface area contributed by atoms with Gasteiger partial charge in [-0.05, 0) is 41.8 Å². The quantitative estimate of drug-likeness (QED) is 0.725. The monoisotopic (exact) mass is 199 g/mol. The minimum atomic E-state index is 0.558. The highest BCUT2D eigenvalue weighted by Crippen LogP contribution is 2.12. The van der Waals surface area contributed by atoms with Crippen molar-refractivity contribution in [1.29, 1.82) is 0 Å². The molecule has 0 bridgehead atoms. The van der Waals surface area contributed by atoms with Crippen molar-refractivity contribution >= 4 is 11.5 Å². The van der Waals surface area contributed by atoms with Crippen molar-refractivity contribution in [1.82, 2.24) is 4.98 Å². The van der Waals surface area contributed by atoms with Crippen LogP contribution in [0.25, 0.3) is 0 Å². The van der Waals surface area contributed by atoms with Crippen molar-refractivity contribution in [3.63, 3.8) is 0 Å². The summed E-state index contributed by atoms with van der Waals surface area (Å²) in [6.07, 6.45) is 2.58. The summed E-state index contributed by atoms with van der Waals surface area (Å²) in [4.78, 5) is 3.95. The average molecular weight is 199 g/mol. The molecule has 0 amide bonds. The summed E-state index contributed by atoms with van der Waals surface area (Å²) in [5, 5.41) is 0. The zero-order valence-corrected chi connectivity index (χ0v) is 8.35. The normalized spacial score (nSPS) is 10.1. The van der Waals surface area contributed by atoms with E-state index in [1.165, 1.54) is 5.56 Å². The first kappa shape index (κ1) is 9.52. The summed E-state index contributed by atoms with van der Waals surface area (Å²) in [5.74, 6) is 0.558. The number of anilines is 2. The number of nitrogen functional groups attached to an aromatic ring is 2. The average Bonchev–Trinajstić information content (AvgIpc) is 2.22. The van der Waals surface area contributed by atoms with Crippen LogP contribution in [0.2, 0.25) is 0 Å². The Kier molecular flexibility index (Phi) is 2.54. The number of hydrogen-bond donors (Lipinski definition) is 2. The third-order valence-corrected chi connectivity index (χ3v) is 2.23. The van der Waals surface area contributed by atoms with Crippen molar-refractivity contribution < 1.29 is 0 Å². The highest BCUT2D eigenvalue weighted by atomic mass is 14.8. The van der Waals surface area contributed by atoms with E-state index in [1.54, 1.807) is 6.20 Å². The van der Waals surface area contributed by atoms with Crippen LogP contribution in [0.15, 0.2) is 42.6 Å². The van der Waals surface area contributed by atoms with Gasteiger partial charge in [-0.15, -0.1) is 0 Å². The van der Waals surface area contributed by atoms with Crippen LogP contribution in [0.5, 0.6) is 0 Å². The molecule has 2 rings (SSSR count). The first-order chi connectivity index (χ1) is 7.24. The summed E-state index contributed by atoms with van der Waals surface area (Å²) in [5.41, 5.74) is 14.4. The van der Waals surface area contributed by atoms with E-state index < -0.39 is 0 Å². The van der Waals surface area contributed by atoms with Gasteiger partial charge in [-0.25, -0.2) is 4.98 Å². The van der Waals surface area contributed by atoms with Gasteiger partial charge >= 0.3 is 0 Å². The largest absolute Gasteiger partial charge is 0.399 e. The van der Waals surface area contributed by atoms with E-state index >= 15 is 0 Å². The maximum Gasteiger partial charge on any atom is 0.123 e. The molecule has 15 heavy (non-hydrogen) atoms. The molecule has 0 saturated carbocycles. The standard InChI is InChI=1S/C12H13N3/c13-11-3-1-9(2-4-11)7-10-5-6-15-12(14)8-10/h1-6,8H,7,13H2,(H2,14,15). The van der Waals surface area contributed by atoms with Gasteiger partial charge in [0.05, 0.1) is 0 Å². The number of rotatable bonds is 2. The predicted octanol–water partition coefficient (Wildman–Crippen LogP) is 1.84. The van der Waals surface area contributed by atoms with Crippen LogP contribution in [0.1, 0.15) is 11.1 Å². The van der Waals surface area contributed by atoms with Crippen molar-refractivity contribution in [2.45, 2.75) is 6.42 Å². The summed E-state index contributed by atoms with van der Waals surface area (Å²) in [6, 6.07) is 11.7. The van der Waals surface area contributed by atoms with E-state index in [9.17, 15) is 0 Å². The Morgan fingerprint density at radius 1 is 0.933 bits per heavy atom. The van der Waals surface area contributed by atoms with Gasteiger partial charge in [0.25, 0.3) is 0 Å². The number of benzene rings is 1. The van der Waals surface area contributed by atoms with Gasteiger partial charge in [-0.1, -0.05) is 12.1 Å². The second-order valence-corrected chi connectivity index (χ2v) is 3.51. The molecule has 0 unspecified atom stereocenters. The molecule has 3 nitrogen and oxygen atoms in total. The molecule has 0 fully saturated rings. The molecule has 1 heterocycles. The van der Waals surface area contributed by atoms with Crippen LogP contribution in [-0.2, 0) is 6.42 Å². The number of aromatic nitrogens is 1. The molecule has 1 aromatic heterocycles. The van der Waals surface area contributed by atoms with Gasteiger partial charge in [0.2, 0.25) is 0 Å². The van der Waals surface area contributed by atoms with E-state index in [2.05, 4.69) is 4.98 Å². The SMILES string of the molecule is Nc1ccc(Cc2ccnc(N)c2)cc1. The lowest BCUT2D eigenvalue weighted by Gasteiger charge is -2.02. The Labute approximate surface area is 88.8 Å². The fraction of sp³-hybridized carbons (Fsp3) is 0.0833. The summed E-state index contributed by atoms with van der Waals surface area (Å²) in [6.45, 7) is 0. The third-order valence-electron chi connectivity index (χ3n) is 2.23. The van der Waals surface area contributed by atoms with Crippen LogP contribution >= 0.6 is 0 Å².